The number of nitrogens with zero attached hydrogens (tertiary/aromatic N) is 1. The van der Waals surface area contributed by atoms with Crippen molar-refractivity contribution in [2.24, 2.45) is 17.8 Å². The lowest BCUT2D eigenvalue weighted by atomic mass is 9.93. The van der Waals surface area contributed by atoms with Gasteiger partial charge in [0.1, 0.15) is 0 Å². The number of rotatable bonds is 3. The molecule has 3 atom stereocenters. The molecule has 0 radical (unpaired) electrons. The molecule has 2 aromatic rings. The summed E-state index contributed by atoms with van der Waals surface area (Å²) in [5.41, 5.74) is 2.21. The van der Waals surface area contributed by atoms with E-state index in [9.17, 15) is 0 Å². The zero-order valence-corrected chi connectivity index (χ0v) is 10.9. The van der Waals surface area contributed by atoms with Crippen molar-refractivity contribution in [3.05, 3.63) is 48.7 Å². The van der Waals surface area contributed by atoms with E-state index < -0.39 is 0 Å². The largest absolute Gasteiger partial charge is 0.383 e. The molecule has 3 unspecified atom stereocenters. The Hall–Kier alpha value is -1.83. The fourth-order valence-electron chi connectivity index (χ4n) is 3.55. The third-order valence-electron chi connectivity index (χ3n) is 4.58. The van der Waals surface area contributed by atoms with Crippen LogP contribution in [0.15, 0.2) is 48.7 Å². The normalized spacial score (nSPS) is 28.1. The van der Waals surface area contributed by atoms with E-state index in [-0.39, 0.29) is 0 Å². The van der Waals surface area contributed by atoms with E-state index in [2.05, 4.69) is 46.7 Å². The molecule has 4 rings (SSSR count). The molecule has 19 heavy (non-hydrogen) atoms. The lowest BCUT2D eigenvalue weighted by Gasteiger charge is -2.19. The number of fused-ring (bicyclic) bond motifs is 3. The van der Waals surface area contributed by atoms with Crippen molar-refractivity contribution in [2.45, 2.75) is 12.8 Å². The standard InChI is InChI=1S/C17H18N2/c1-2-4-17-14(3-1)9-16(11-19-17)18-10-15-8-12-5-6-13(15)7-12/h1-6,9,11-13,15,18H,7-8,10H2. The number of nitrogens with one attached hydrogen (secondary N) is 1. The third kappa shape index (κ3) is 2.01. The summed E-state index contributed by atoms with van der Waals surface area (Å²) < 4.78 is 0. The summed E-state index contributed by atoms with van der Waals surface area (Å²) in [4.78, 5) is 4.50. The predicted molar refractivity (Wildman–Crippen MR) is 79.1 cm³/mol. The first kappa shape index (κ1) is 11.0. The minimum atomic E-state index is 0.807. The molecule has 1 aromatic heterocycles. The molecule has 0 amide bonds. The van der Waals surface area contributed by atoms with Crippen molar-refractivity contribution in [1.29, 1.82) is 0 Å². The first-order valence-electron chi connectivity index (χ1n) is 7.15. The summed E-state index contributed by atoms with van der Waals surface area (Å²) in [7, 11) is 0. The van der Waals surface area contributed by atoms with Crippen LogP contribution in [0.25, 0.3) is 10.9 Å². The van der Waals surface area contributed by atoms with E-state index in [1.165, 1.54) is 18.2 Å². The molecule has 2 heteroatoms. The second kappa shape index (κ2) is 4.37. The monoisotopic (exact) mass is 250 g/mol. The Morgan fingerprint density at radius 2 is 2.11 bits per heavy atom. The van der Waals surface area contributed by atoms with Crippen molar-refractivity contribution >= 4 is 16.6 Å². The van der Waals surface area contributed by atoms with Gasteiger partial charge in [0.2, 0.25) is 0 Å². The van der Waals surface area contributed by atoms with Crippen molar-refractivity contribution in [3.8, 4) is 0 Å². The minimum Gasteiger partial charge on any atom is -0.383 e. The molecule has 1 saturated carbocycles. The number of benzene rings is 1. The van der Waals surface area contributed by atoms with Crippen LogP contribution >= 0.6 is 0 Å². The van der Waals surface area contributed by atoms with Crippen molar-refractivity contribution in [1.82, 2.24) is 4.98 Å². The number of pyridine rings is 1. The van der Waals surface area contributed by atoms with Crippen LogP contribution < -0.4 is 5.32 Å². The summed E-state index contributed by atoms with van der Waals surface area (Å²) in [5.74, 6) is 2.47. The number of aromatic nitrogens is 1. The second-order valence-corrected chi connectivity index (χ2v) is 5.84. The van der Waals surface area contributed by atoms with Crippen LogP contribution in [0.4, 0.5) is 5.69 Å². The van der Waals surface area contributed by atoms with Crippen molar-refractivity contribution in [2.75, 3.05) is 11.9 Å². The average molecular weight is 250 g/mol. The molecule has 0 spiro atoms. The molecule has 1 heterocycles. The molecule has 2 aliphatic rings. The van der Waals surface area contributed by atoms with Gasteiger partial charge in [0, 0.05) is 11.9 Å². The van der Waals surface area contributed by atoms with Gasteiger partial charge in [-0.25, -0.2) is 0 Å². The average Bonchev–Trinajstić information content (AvgIpc) is 3.07. The highest BCUT2D eigenvalue weighted by Crippen LogP contribution is 2.43. The fourth-order valence-corrected chi connectivity index (χ4v) is 3.55. The number of hydrogen-bond acceptors (Lipinski definition) is 2. The molecule has 0 saturated heterocycles. The van der Waals surface area contributed by atoms with E-state index in [4.69, 9.17) is 0 Å². The molecule has 1 fully saturated rings. The van der Waals surface area contributed by atoms with Gasteiger partial charge in [0.05, 0.1) is 17.4 Å². The molecule has 96 valence electrons. The van der Waals surface area contributed by atoms with Crippen molar-refractivity contribution < 1.29 is 0 Å². The predicted octanol–water partition coefficient (Wildman–Crippen LogP) is 3.86. The maximum atomic E-state index is 4.50. The molecule has 2 nitrogen and oxygen atoms in total. The highest BCUT2D eigenvalue weighted by Gasteiger charge is 2.35. The number of anilines is 1. The zero-order chi connectivity index (χ0) is 12.7. The minimum absolute atomic E-state index is 0.807. The van der Waals surface area contributed by atoms with E-state index in [0.717, 1.165) is 35.5 Å². The van der Waals surface area contributed by atoms with Crippen LogP contribution in [0, 0.1) is 17.8 Å². The molecule has 2 bridgehead atoms. The molecular weight excluding hydrogens is 232 g/mol. The SMILES string of the molecule is C1=CC2CC1CC2CNc1cnc2ccccc2c1. The molecular formula is C17H18N2. The highest BCUT2D eigenvalue weighted by atomic mass is 14.9. The summed E-state index contributed by atoms with van der Waals surface area (Å²) in [6.07, 6.45) is 9.50. The van der Waals surface area contributed by atoms with E-state index >= 15 is 0 Å². The van der Waals surface area contributed by atoms with Crippen LogP contribution in [0.1, 0.15) is 12.8 Å². The van der Waals surface area contributed by atoms with Crippen LogP contribution in [-0.4, -0.2) is 11.5 Å². The van der Waals surface area contributed by atoms with Gasteiger partial charge in [-0.1, -0.05) is 30.4 Å². The van der Waals surface area contributed by atoms with Gasteiger partial charge in [-0.05, 0) is 42.7 Å². The van der Waals surface area contributed by atoms with E-state index in [1.54, 1.807) is 0 Å². The first-order valence-corrected chi connectivity index (χ1v) is 7.15. The van der Waals surface area contributed by atoms with Crippen LogP contribution in [0.5, 0.6) is 0 Å². The Morgan fingerprint density at radius 3 is 2.95 bits per heavy atom. The van der Waals surface area contributed by atoms with Gasteiger partial charge in [-0.3, -0.25) is 4.98 Å². The molecule has 1 aromatic carbocycles. The Kier molecular flexibility index (Phi) is 2.54. The van der Waals surface area contributed by atoms with Crippen LogP contribution in [0.3, 0.4) is 0 Å². The summed E-state index contributed by atoms with van der Waals surface area (Å²) in [6, 6.07) is 10.5. The van der Waals surface area contributed by atoms with E-state index in [0.29, 0.717) is 0 Å². The van der Waals surface area contributed by atoms with Gasteiger partial charge in [0.15, 0.2) is 0 Å². The number of para-hydroxylation sites is 1. The van der Waals surface area contributed by atoms with Crippen molar-refractivity contribution in [3.63, 3.8) is 0 Å². The molecule has 2 aliphatic carbocycles. The van der Waals surface area contributed by atoms with Gasteiger partial charge < -0.3 is 5.32 Å². The topological polar surface area (TPSA) is 24.9 Å². The summed E-state index contributed by atoms with van der Waals surface area (Å²) in [6.45, 7) is 1.07. The Bertz CT molecular complexity index is 632. The van der Waals surface area contributed by atoms with Gasteiger partial charge in [-0.2, -0.15) is 0 Å². The lowest BCUT2D eigenvalue weighted by molar-refractivity contribution is 0.472. The molecule has 0 aliphatic heterocycles. The van der Waals surface area contributed by atoms with Crippen LogP contribution in [0.2, 0.25) is 0 Å². The Labute approximate surface area is 113 Å². The molecule has 1 N–H and O–H groups in total. The van der Waals surface area contributed by atoms with Gasteiger partial charge >= 0.3 is 0 Å². The zero-order valence-electron chi connectivity index (χ0n) is 10.9. The summed E-state index contributed by atoms with van der Waals surface area (Å²) in [5, 5.41) is 4.78. The smallest absolute Gasteiger partial charge is 0.0703 e. The summed E-state index contributed by atoms with van der Waals surface area (Å²) >= 11 is 0. The second-order valence-electron chi connectivity index (χ2n) is 5.84. The number of hydrogen-bond donors (Lipinski definition) is 1. The Balaban J connectivity index is 1.48. The maximum absolute atomic E-state index is 4.50. The van der Waals surface area contributed by atoms with Crippen LogP contribution in [-0.2, 0) is 0 Å². The lowest BCUT2D eigenvalue weighted by Crippen LogP contribution is -2.18. The third-order valence-corrected chi connectivity index (χ3v) is 4.58. The fraction of sp³-hybridized carbons (Fsp3) is 0.353. The maximum Gasteiger partial charge on any atom is 0.0703 e. The quantitative estimate of drug-likeness (QED) is 0.837. The number of allylic oxidation sites excluding steroid dienone is 2. The van der Waals surface area contributed by atoms with E-state index in [1.807, 2.05) is 12.3 Å². The van der Waals surface area contributed by atoms with Gasteiger partial charge in [-0.15, -0.1) is 0 Å². The first-order chi connectivity index (χ1) is 9.38. The van der Waals surface area contributed by atoms with Gasteiger partial charge in [0.25, 0.3) is 0 Å². The highest BCUT2D eigenvalue weighted by molar-refractivity contribution is 5.81. The Morgan fingerprint density at radius 1 is 1.16 bits per heavy atom.